The van der Waals surface area contributed by atoms with Gasteiger partial charge in [-0.25, -0.2) is 0 Å². The molecule has 4 nitrogen and oxygen atoms in total. The lowest BCUT2D eigenvalue weighted by Gasteiger charge is -1.91. The molecule has 1 aromatic heterocycles. The average molecular weight is 174 g/mol. The highest BCUT2D eigenvalue weighted by atomic mass is 16.3. The number of hydrogen-bond donors (Lipinski definition) is 1. The number of H-pyrrole nitrogens is 1. The van der Waals surface area contributed by atoms with E-state index in [0.29, 0.717) is 16.8 Å². The quantitative estimate of drug-likeness (QED) is 0.561. The van der Waals surface area contributed by atoms with Gasteiger partial charge in [-0.1, -0.05) is 12.1 Å². The van der Waals surface area contributed by atoms with Crippen LogP contribution in [0.5, 0.6) is 0 Å². The Morgan fingerprint density at radius 3 is 2.92 bits per heavy atom. The van der Waals surface area contributed by atoms with Crippen molar-refractivity contribution in [2.75, 3.05) is 0 Å². The van der Waals surface area contributed by atoms with E-state index in [1.807, 2.05) is 0 Å². The molecule has 1 aromatic carbocycles. The molecule has 0 aliphatic carbocycles. The van der Waals surface area contributed by atoms with Crippen LogP contribution in [0.4, 0.5) is 5.69 Å². The molecular weight excluding hydrogens is 168 g/mol. The van der Waals surface area contributed by atoms with E-state index in [0.717, 1.165) is 11.7 Å². The summed E-state index contributed by atoms with van der Waals surface area (Å²) < 4.78 is 0. The van der Waals surface area contributed by atoms with Gasteiger partial charge in [0.25, 0.3) is 0 Å². The summed E-state index contributed by atoms with van der Waals surface area (Å²) in [6.07, 6.45) is 2.31. The third-order valence-electron chi connectivity index (χ3n) is 1.95. The van der Waals surface area contributed by atoms with E-state index in [1.54, 1.807) is 24.4 Å². The predicted octanol–water partition coefficient (Wildman–Crippen LogP) is 2.38. The van der Waals surface area contributed by atoms with Crippen LogP contribution in [-0.2, 0) is 0 Å². The molecule has 0 aliphatic heterocycles. The van der Waals surface area contributed by atoms with Crippen LogP contribution in [0.25, 0.3) is 10.9 Å². The lowest BCUT2D eigenvalue weighted by molar-refractivity contribution is 0.112. The first-order chi connectivity index (χ1) is 6.36. The molecule has 4 heteroatoms. The van der Waals surface area contributed by atoms with E-state index < -0.39 is 0 Å². The van der Waals surface area contributed by atoms with Crippen LogP contribution in [0.2, 0.25) is 0 Å². The van der Waals surface area contributed by atoms with E-state index in [-0.39, 0.29) is 0 Å². The van der Waals surface area contributed by atoms with Crippen LogP contribution < -0.4 is 0 Å². The van der Waals surface area contributed by atoms with Gasteiger partial charge in [0, 0.05) is 17.1 Å². The summed E-state index contributed by atoms with van der Waals surface area (Å²) >= 11 is 0. The number of para-hydroxylation sites is 1. The molecule has 0 bridgehead atoms. The number of aromatic amines is 1. The molecule has 0 saturated heterocycles. The van der Waals surface area contributed by atoms with Crippen LogP contribution in [0.1, 0.15) is 10.4 Å². The van der Waals surface area contributed by atoms with Crippen LogP contribution >= 0.6 is 0 Å². The molecule has 2 aromatic rings. The fourth-order valence-corrected chi connectivity index (χ4v) is 1.33. The largest absolute Gasteiger partial charge is 0.359 e. The van der Waals surface area contributed by atoms with Crippen molar-refractivity contribution in [2.45, 2.75) is 0 Å². The van der Waals surface area contributed by atoms with Gasteiger partial charge >= 0.3 is 0 Å². The molecule has 13 heavy (non-hydrogen) atoms. The van der Waals surface area contributed by atoms with Crippen molar-refractivity contribution in [3.63, 3.8) is 0 Å². The summed E-state index contributed by atoms with van der Waals surface area (Å²) in [6, 6.07) is 5.06. The Bertz CT molecular complexity index is 473. The van der Waals surface area contributed by atoms with Gasteiger partial charge in [0.2, 0.25) is 0 Å². The van der Waals surface area contributed by atoms with E-state index in [9.17, 15) is 9.70 Å². The molecule has 0 radical (unpaired) electrons. The smallest absolute Gasteiger partial charge is 0.152 e. The molecule has 0 aliphatic rings. The number of carbonyl (C=O) groups is 1. The Hall–Kier alpha value is -1.97. The number of nitrogens with zero attached hydrogens (tertiary/aromatic N) is 1. The number of rotatable bonds is 2. The molecular formula is C9H6N2O2. The average Bonchev–Trinajstić information content (AvgIpc) is 2.60. The molecule has 1 heterocycles. The van der Waals surface area contributed by atoms with Crippen molar-refractivity contribution in [1.82, 2.24) is 4.98 Å². The van der Waals surface area contributed by atoms with Gasteiger partial charge in [-0.15, -0.1) is 4.91 Å². The zero-order valence-corrected chi connectivity index (χ0v) is 6.65. The van der Waals surface area contributed by atoms with Gasteiger partial charge in [-0.3, -0.25) is 4.79 Å². The number of nitrogens with one attached hydrogen (secondary N) is 1. The fraction of sp³-hybridized carbons (Fsp3) is 0. The second-order valence-corrected chi connectivity index (χ2v) is 2.65. The van der Waals surface area contributed by atoms with Crippen LogP contribution in [-0.4, -0.2) is 11.3 Å². The van der Waals surface area contributed by atoms with Crippen molar-refractivity contribution < 1.29 is 4.79 Å². The standard InChI is InChI=1S/C9H6N2O2/c12-5-6-4-10-9-7(6)2-1-3-8(9)11-13/h1-5,10H. The molecule has 0 unspecified atom stereocenters. The summed E-state index contributed by atoms with van der Waals surface area (Å²) in [5, 5.41) is 3.58. The zero-order valence-electron chi connectivity index (χ0n) is 6.65. The van der Waals surface area contributed by atoms with Gasteiger partial charge in [0.15, 0.2) is 6.29 Å². The van der Waals surface area contributed by atoms with E-state index in [1.165, 1.54) is 0 Å². The lowest BCUT2D eigenvalue weighted by Crippen LogP contribution is -1.73. The number of hydrogen-bond acceptors (Lipinski definition) is 3. The first-order valence-corrected chi connectivity index (χ1v) is 3.75. The molecule has 0 saturated carbocycles. The first kappa shape index (κ1) is 7.67. The molecule has 1 N–H and O–H groups in total. The second kappa shape index (κ2) is 2.82. The molecule has 0 fully saturated rings. The minimum Gasteiger partial charge on any atom is -0.359 e. The monoisotopic (exact) mass is 174 g/mol. The third-order valence-corrected chi connectivity index (χ3v) is 1.95. The number of carbonyl (C=O) groups excluding carboxylic acids is 1. The Balaban J connectivity index is 2.86. The maximum Gasteiger partial charge on any atom is 0.152 e. The summed E-state index contributed by atoms with van der Waals surface area (Å²) in [7, 11) is 0. The Kier molecular flexibility index (Phi) is 1.66. The predicted molar refractivity (Wildman–Crippen MR) is 49.1 cm³/mol. The lowest BCUT2D eigenvalue weighted by atomic mass is 10.2. The van der Waals surface area contributed by atoms with Gasteiger partial charge in [-0.2, -0.15) is 0 Å². The Labute approximate surface area is 73.5 Å². The molecule has 0 atom stereocenters. The number of nitroso groups, excluding NO2 is 1. The van der Waals surface area contributed by atoms with Crippen LogP contribution in [0, 0.1) is 4.91 Å². The SMILES string of the molecule is O=Cc1c[nH]c2c(N=O)cccc12. The van der Waals surface area contributed by atoms with Crippen molar-refractivity contribution in [3.8, 4) is 0 Å². The summed E-state index contributed by atoms with van der Waals surface area (Å²) in [5.41, 5.74) is 1.48. The van der Waals surface area contributed by atoms with Gasteiger partial charge in [0.1, 0.15) is 5.69 Å². The van der Waals surface area contributed by atoms with Crippen LogP contribution in [0.3, 0.4) is 0 Å². The summed E-state index contributed by atoms with van der Waals surface area (Å²) in [5.74, 6) is 0. The molecule has 2 rings (SSSR count). The normalized spacial score (nSPS) is 10.2. The fourth-order valence-electron chi connectivity index (χ4n) is 1.33. The minimum absolute atomic E-state index is 0.325. The topological polar surface area (TPSA) is 62.3 Å². The zero-order chi connectivity index (χ0) is 9.26. The van der Waals surface area contributed by atoms with Crippen molar-refractivity contribution in [2.24, 2.45) is 5.18 Å². The van der Waals surface area contributed by atoms with E-state index >= 15 is 0 Å². The second-order valence-electron chi connectivity index (χ2n) is 2.65. The van der Waals surface area contributed by atoms with Gasteiger partial charge < -0.3 is 4.98 Å². The summed E-state index contributed by atoms with van der Waals surface area (Å²) in [4.78, 5) is 23.7. The number of fused-ring (bicyclic) bond motifs is 1. The van der Waals surface area contributed by atoms with E-state index in [4.69, 9.17) is 0 Å². The van der Waals surface area contributed by atoms with Gasteiger partial charge in [0.05, 0.1) is 5.52 Å². The number of aldehydes is 1. The molecule has 64 valence electrons. The molecule has 0 spiro atoms. The minimum atomic E-state index is 0.325. The maximum absolute atomic E-state index is 10.6. The third kappa shape index (κ3) is 1.03. The highest BCUT2D eigenvalue weighted by Gasteiger charge is 2.05. The van der Waals surface area contributed by atoms with Crippen molar-refractivity contribution >= 4 is 22.9 Å². The summed E-state index contributed by atoms with van der Waals surface area (Å²) in [6.45, 7) is 0. The number of benzene rings is 1. The first-order valence-electron chi connectivity index (χ1n) is 3.75. The van der Waals surface area contributed by atoms with Crippen LogP contribution in [0.15, 0.2) is 29.6 Å². The Morgan fingerprint density at radius 1 is 1.38 bits per heavy atom. The number of aromatic nitrogens is 1. The highest BCUT2D eigenvalue weighted by molar-refractivity contribution is 6.01. The maximum atomic E-state index is 10.6. The Morgan fingerprint density at radius 2 is 2.23 bits per heavy atom. The molecule has 0 amide bonds. The van der Waals surface area contributed by atoms with Crippen molar-refractivity contribution in [3.05, 3.63) is 34.9 Å². The highest BCUT2D eigenvalue weighted by Crippen LogP contribution is 2.26. The van der Waals surface area contributed by atoms with E-state index in [2.05, 4.69) is 10.2 Å². The van der Waals surface area contributed by atoms with Gasteiger partial charge in [-0.05, 0) is 11.2 Å². The van der Waals surface area contributed by atoms with Crippen molar-refractivity contribution in [1.29, 1.82) is 0 Å².